The van der Waals surface area contributed by atoms with E-state index >= 15 is 0 Å². The molecule has 0 aromatic rings. The lowest BCUT2D eigenvalue weighted by Crippen LogP contribution is -2.56. The van der Waals surface area contributed by atoms with Crippen LogP contribution in [0.2, 0.25) is 0 Å². The molecule has 1 aliphatic rings. The Morgan fingerprint density at radius 3 is 2.67 bits per heavy atom. The molecular formula is C9H19FN2. The van der Waals surface area contributed by atoms with Crippen LogP contribution in [0.3, 0.4) is 0 Å². The molecule has 3 N–H and O–H groups in total. The SMILES string of the molecule is CC(N)C(C)(F)C1CCCCN1. The molecule has 1 saturated heterocycles. The van der Waals surface area contributed by atoms with Gasteiger partial charge in [0, 0.05) is 12.1 Å². The molecule has 2 nitrogen and oxygen atoms in total. The van der Waals surface area contributed by atoms with Gasteiger partial charge >= 0.3 is 0 Å². The molecule has 1 fully saturated rings. The highest BCUT2D eigenvalue weighted by Gasteiger charge is 2.38. The third-order valence-corrected chi connectivity index (χ3v) is 2.88. The fourth-order valence-electron chi connectivity index (χ4n) is 1.65. The summed E-state index contributed by atoms with van der Waals surface area (Å²) in [6, 6.07) is -0.445. The Morgan fingerprint density at radius 1 is 1.58 bits per heavy atom. The molecule has 0 saturated carbocycles. The van der Waals surface area contributed by atoms with Crippen molar-refractivity contribution in [3.05, 3.63) is 0 Å². The minimum atomic E-state index is -1.26. The molecular weight excluding hydrogens is 155 g/mol. The van der Waals surface area contributed by atoms with Crippen LogP contribution in [0.1, 0.15) is 33.1 Å². The monoisotopic (exact) mass is 174 g/mol. The molecule has 0 spiro atoms. The number of piperidine rings is 1. The second-order valence-corrected chi connectivity index (χ2v) is 3.94. The number of rotatable bonds is 2. The minimum Gasteiger partial charge on any atom is -0.325 e. The zero-order valence-electron chi connectivity index (χ0n) is 7.94. The van der Waals surface area contributed by atoms with E-state index in [4.69, 9.17) is 5.73 Å². The minimum absolute atomic E-state index is 0.0498. The number of nitrogens with two attached hydrogens (primary N) is 1. The Hall–Kier alpha value is -0.150. The molecule has 1 aliphatic heterocycles. The van der Waals surface area contributed by atoms with Crippen LogP contribution in [0.25, 0.3) is 0 Å². The molecule has 1 heterocycles. The average molecular weight is 174 g/mol. The van der Waals surface area contributed by atoms with Gasteiger partial charge in [-0.25, -0.2) is 4.39 Å². The molecule has 0 aromatic heterocycles. The fourth-order valence-corrected chi connectivity index (χ4v) is 1.65. The van der Waals surface area contributed by atoms with Gasteiger partial charge in [0.15, 0.2) is 0 Å². The summed E-state index contributed by atoms with van der Waals surface area (Å²) in [6.45, 7) is 4.26. The van der Waals surface area contributed by atoms with Crippen molar-refractivity contribution < 1.29 is 4.39 Å². The van der Waals surface area contributed by atoms with Gasteiger partial charge < -0.3 is 11.1 Å². The number of alkyl halides is 1. The Kier molecular flexibility index (Phi) is 3.07. The van der Waals surface area contributed by atoms with E-state index in [0.717, 1.165) is 25.8 Å². The maximum absolute atomic E-state index is 13.9. The van der Waals surface area contributed by atoms with Gasteiger partial charge in [0.2, 0.25) is 0 Å². The third kappa shape index (κ3) is 1.96. The lowest BCUT2D eigenvalue weighted by Gasteiger charge is -2.36. The predicted molar refractivity (Wildman–Crippen MR) is 48.8 cm³/mol. The van der Waals surface area contributed by atoms with Gasteiger partial charge in [0.25, 0.3) is 0 Å². The molecule has 0 aromatic carbocycles. The lowest BCUT2D eigenvalue weighted by atomic mass is 9.86. The van der Waals surface area contributed by atoms with Gasteiger partial charge in [0.05, 0.1) is 0 Å². The van der Waals surface area contributed by atoms with Crippen molar-refractivity contribution in [2.45, 2.75) is 50.9 Å². The molecule has 0 amide bonds. The number of nitrogens with one attached hydrogen (secondary N) is 1. The van der Waals surface area contributed by atoms with Crippen molar-refractivity contribution >= 4 is 0 Å². The van der Waals surface area contributed by atoms with E-state index in [1.807, 2.05) is 0 Å². The Morgan fingerprint density at radius 2 is 2.25 bits per heavy atom. The Balaban J connectivity index is 2.53. The summed E-state index contributed by atoms with van der Waals surface area (Å²) < 4.78 is 13.9. The van der Waals surface area contributed by atoms with Crippen molar-refractivity contribution in [1.82, 2.24) is 5.32 Å². The van der Waals surface area contributed by atoms with Crippen molar-refractivity contribution in [2.75, 3.05) is 6.54 Å². The van der Waals surface area contributed by atoms with Crippen molar-refractivity contribution in [3.8, 4) is 0 Å². The Labute approximate surface area is 73.7 Å². The van der Waals surface area contributed by atoms with Crippen LogP contribution >= 0.6 is 0 Å². The topological polar surface area (TPSA) is 38.0 Å². The van der Waals surface area contributed by atoms with Crippen LogP contribution in [0, 0.1) is 0 Å². The van der Waals surface area contributed by atoms with Crippen LogP contribution in [-0.2, 0) is 0 Å². The fraction of sp³-hybridized carbons (Fsp3) is 1.00. The van der Waals surface area contributed by atoms with Gasteiger partial charge in [0.1, 0.15) is 5.67 Å². The van der Waals surface area contributed by atoms with E-state index in [9.17, 15) is 4.39 Å². The van der Waals surface area contributed by atoms with E-state index in [1.165, 1.54) is 0 Å². The largest absolute Gasteiger partial charge is 0.325 e. The average Bonchev–Trinajstić information content (AvgIpc) is 2.06. The van der Waals surface area contributed by atoms with Gasteiger partial charge in [-0.2, -0.15) is 0 Å². The van der Waals surface area contributed by atoms with Crippen LogP contribution in [-0.4, -0.2) is 24.3 Å². The molecule has 3 atom stereocenters. The van der Waals surface area contributed by atoms with Crippen molar-refractivity contribution in [3.63, 3.8) is 0 Å². The van der Waals surface area contributed by atoms with E-state index < -0.39 is 11.7 Å². The first-order chi connectivity index (χ1) is 5.55. The molecule has 0 aliphatic carbocycles. The normalized spacial score (nSPS) is 32.5. The molecule has 12 heavy (non-hydrogen) atoms. The second-order valence-electron chi connectivity index (χ2n) is 3.94. The summed E-state index contributed by atoms with van der Waals surface area (Å²) in [5.74, 6) is 0. The highest BCUT2D eigenvalue weighted by atomic mass is 19.1. The van der Waals surface area contributed by atoms with Gasteiger partial charge in [-0.3, -0.25) is 0 Å². The van der Waals surface area contributed by atoms with E-state index in [1.54, 1.807) is 13.8 Å². The van der Waals surface area contributed by atoms with Crippen molar-refractivity contribution in [2.24, 2.45) is 5.73 Å². The van der Waals surface area contributed by atoms with E-state index in [0.29, 0.717) is 0 Å². The molecule has 0 radical (unpaired) electrons. The van der Waals surface area contributed by atoms with Crippen LogP contribution in [0.5, 0.6) is 0 Å². The van der Waals surface area contributed by atoms with Crippen LogP contribution in [0.4, 0.5) is 4.39 Å². The second kappa shape index (κ2) is 3.71. The molecule has 3 unspecified atom stereocenters. The zero-order valence-corrected chi connectivity index (χ0v) is 7.94. The quantitative estimate of drug-likeness (QED) is 0.660. The van der Waals surface area contributed by atoms with Crippen LogP contribution < -0.4 is 11.1 Å². The summed E-state index contributed by atoms with van der Waals surface area (Å²) in [5, 5.41) is 3.19. The number of halogens is 1. The smallest absolute Gasteiger partial charge is 0.138 e. The first kappa shape index (κ1) is 9.93. The maximum atomic E-state index is 13.9. The molecule has 1 rings (SSSR count). The summed E-state index contributed by atoms with van der Waals surface area (Å²) in [6.07, 6.45) is 3.18. The van der Waals surface area contributed by atoms with Gasteiger partial charge in [-0.05, 0) is 33.2 Å². The predicted octanol–water partition coefficient (Wildman–Crippen LogP) is 1.20. The number of hydrogen-bond donors (Lipinski definition) is 2. The first-order valence-corrected chi connectivity index (χ1v) is 4.73. The lowest BCUT2D eigenvalue weighted by molar-refractivity contribution is 0.0852. The first-order valence-electron chi connectivity index (χ1n) is 4.73. The highest BCUT2D eigenvalue weighted by molar-refractivity contribution is 4.95. The zero-order chi connectivity index (χ0) is 9.19. The molecule has 0 bridgehead atoms. The summed E-state index contributed by atoms with van der Waals surface area (Å²) in [7, 11) is 0. The van der Waals surface area contributed by atoms with Crippen LogP contribution in [0.15, 0.2) is 0 Å². The molecule has 72 valence electrons. The number of hydrogen-bond acceptors (Lipinski definition) is 2. The molecule has 3 heteroatoms. The summed E-state index contributed by atoms with van der Waals surface area (Å²) in [4.78, 5) is 0. The summed E-state index contributed by atoms with van der Waals surface area (Å²) >= 11 is 0. The Bertz CT molecular complexity index is 139. The van der Waals surface area contributed by atoms with E-state index in [-0.39, 0.29) is 6.04 Å². The summed E-state index contributed by atoms with van der Waals surface area (Å²) in [5.41, 5.74) is 4.32. The standard InChI is InChI=1S/C9H19FN2/c1-7(11)9(2,10)8-5-3-4-6-12-8/h7-8,12H,3-6,11H2,1-2H3. The van der Waals surface area contributed by atoms with E-state index in [2.05, 4.69) is 5.32 Å². The van der Waals surface area contributed by atoms with Gasteiger partial charge in [-0.1, -0.05) is 6.42 Å². The van der Waals surface area contributed by atoms with Crippen molar-refractivity contribution in [1.29, 1.82) is 0 Å². The third-order valence-electron chi connectivity index (χ3n) is 2.88. The van der Waals surface area contributed by atoms with Gasteiger partial charge in [-0.15, -0.1) is 0 Å². The maximum Gasteiger partial charge on any atom is 0.138 e. The highest BCUT2D eigenvalue weighted by Crippen LogP contribution is 2.25.